The van der Waals surface area contributed by atoms with Gasteiger partial charge in [0.1, 0.15) is 4.83 Å². The first kappa shape index (κ1) is 25.9. The molecule has 0 spiro atoms. The third-order valence-electron chi connectivity index (χ3n) is 6.32. The summed E-state index contributed by atoms with van der Waals surface area (Å²) in [5, 5.41) is 5.19. The van der Waals surface area contributed by atoms with E-state index < -0.39 is 5.97 Å². The molecule has 8 nitrogen and oxygen atoms in total. The van der Waals surface area contributed by atoms with Gasteiger partial charge in [-0.15, -0.1) is 11.3 Å². The van der Waals surface area contributed by atoms with Gasteiger partial charge in [0.2, 0.25) is 0 Å². The van der Waals surface area contributed by atoms with Gasteiger partial charge in [0, 0.05) is 4.88 Å². The zero-order valence-electron chi connectivity index (χ0n) is 21.0. The number of benzene rings is 2. The minimum absolute atomic E-state index is 0.0352. The number of methoxy groups -OCH3 is 1. The van der Waals surface area contributed by atoms with Gasteiger partial charge in [-0.1, -0.05) is 41.6 Å². The van der Waals surface area contributed by atoms with E-state index in [1.807, 2.05) is 31.2 Å². The number of thiophene rings is 1. The van der Waals surface area contributed by atoms with Crippen LogP contribution < -0.4 is 11.0 Å². The minimum Gasteiger partial charge on any atom is -0.465 e. The van der Waals surface area contributed by atoms with Crippen LogP contribution in [0.25, 0.3) is 15.9 Å². The molecule has 1 aliphatic rings. The molecule has 1 N–H and O–H groups in total. The fourth-order valence-electron chi connectivity index (χ4n) is 4.37. The number of esters is 1. The Labute approximate surface area is 227 Å². The molecule has 194 valence electrons. The number of nitrogens with one attached hydrogen (secondary N) is 1. The maximum atomic E-state index is 13.8. The van der Waals surface area contributed by atoms with Crippen molar-refractivity contribution in [1.82, 2.24) is 15.0 Å². The molecule has 2 heterocycles. The van der Waals surface area contributed by atoms with Crippen LogP contribution in [-0.4, -0.2) is 40.5 Å². The fourth-order valence-corrected chi connectivity index (χ4v) is 6.48. The lowest BCUT2D eigenvalue weighted by Crippen LogP contribution is -2.24. The predicted octanol–water partition coefficient (Wildman–Crippen LogP) is 4.66. The van der Waals surface area contributed by atoms with E-state index in [0.717, 1.165) is 47.3 Å². The molecule has 0 saturated carbocycles. The fraction of sp³-hybridized carbons (Fsp3) is 0.250. The Morgan fingerprint density at radius 3 is 2.61 bits per heavy atom. The lowest BCUT2D eigenvalue weighted by molar-refractivity contribution is -0.118. The second-order valence-electron chi connectivity index (χ2n) is 8.96. The Morgan fingerprint density at radius 1 is 1.13 bits per heavy atom. The van der Waals surface area contributed by atoms with E-state index in [-0.39, 0.29) is 17.2 Å². The van der Waals surface area contributed by atoms with Gasteiger partial charge in [-0.25, -0.2) is 15.2 Å². The molecule has 0 unspecified atom stereocenters. The van der Waals surface area contributed by atoms with Gasteiger partial charge in [0.15, 0.2) is 5.16 Å². The van der Waals surface area contributed by atoms with Crippen molar-refractivity contribution in [2.45, 2.75) is 37.8 Å². The molecule has 2 aromatic carbocycles. The summed E-state index contributed by atoms with van der Waals surface area (Å²) in [5.74, 6) is -0.710. The predicted molar refractivity (Wildman–Crippen MR) is 151 cm³/mol. The average molecular weight is 547 g/mol. The summed E-state index contributed by atoms with van der Waals surface area (Å²) in [7, 11) is 1.33. The number of carbonyl (C=O) groups excluding carboxylic acids is 2. The number of amides is 1. The Bertz CT molecular complexity index is 1590. The van der Waals surface area contributed by atoms with Crippen molar-refractivity contribution >= 4 is 51.4 Å². The van der Waals surface area contributed by atoms with E-state index in [2.05, 4.69) is 15.3 Å². The smallest absolute Gasteiger partial charge is 0.337 e. The third kappa shape index (κ3) is 5.41. The van der Waals surface area contributed by atoms with Crippen LogP contribution in [0.1, 0.15) is 44.8 Å². The Kier molecular flexibility index (Phi) is 7.71. The number of hydrogen-bond acceptors (Lipinski definition) is 8. The van der Waals surface area contributed by atoms with Crippen molar-refractivity contribution in [1.29, 1.82) is 0 Å². The quantitative estimate of drug-likeness (QED) is 0.119. The van der Waals surface area contributed by atoms with Crippen LogP contribution in [0.3, 0.4) is 0 Å². The summed E-state index contributed by atoms with van der Waals surface area (Å²) in [6, 6.07) is 14.4. The molecule has 1 amide bonds. The monoisotopic (exact) mass is 546 g/mol. The Morgan fingerprint density at radius 2 is 1.87 bits per heavy atom. The van der Waals surface area contributed by atoms with Gasteiger partial charge in [0.05, 0.1) is 35.7 Å². The minimum atomic E-state index is -0.419. The van der Waals surface area contributed by atoms with Crippen LogP contribution in [0.4, 0.5) is 0 Å². The molecular formula is C28H26N4O4S2. The van der Waals surface area contributed by atoms with Crippen molar-refractivity contribution in [3.63, 3.8) is 0 Å². The molecule has 5 rings (SSSR count). The summed E-state index contributed by atoms with van der Waals surface area (Å²) in [6.45, 7) is 2.00. The molecule has 1 aliphatic carbocycles. The first-order chi connectivity index (χ1) is 18.4. The second-order valence-corrected chi connectivity index (χ2v) is 11.0. The molecule has 0 atom stereocenters. The van der Waals surface area contributed by atoms with Crippen LogP contribution in [-0.2, 0) is 22.4 Å². The van der Waals surface area contributed by atoms with E-state index >= 15 is 0 Å². The number of carbonyl (C=O) groups is 2. The maximum absolute atomic E-state index is 13.8. The highest BCUT2D eigenvalue weighted by molar-refractivity contribution is 7.99. The van der Waals surface area contributed by atoms with Crippen molar-refractivity contribution in [3.8, 4) is 5.69 Å². The molecular weight excluding hydrogens is 520 g/mol. The molecule has 0 saturated heterocycles. The Balaban J connectivity index is 1.36. The number of thioether (sulfide) groups is 1. The van der Waals surface area contributed by atoms with Crippen molar-refractivity contribution in [3.05, 3.63) is 86.0 Å². The second kappa shape index (κ2) is 11.3. The van der Waals surface area contributed by atoms with Crippen molar-refractivity contribution < 1.29 is 14.3 Å². The maximum Gasteiger partial charge on any atom is 0.337 e. The van der Waals surface area contributed by atoms with Crippen LogP contribution in [0, 0.1) is 6.92 Å². The number of nitrogens with zero attached hydrogens (tertiary/aromatic N) is 3. The molecule has 0 fully saturated rings. The summed E-state index contributed by atoms with van der Waals surface area (Å²) in [5.41, 5.74) is 6.53. The highest BCUT2D eigenvalue weighted by atomic mass is 32.2. The van der Waals surface area contributed by atoms with E-state index in [1.54, 1.807) is 40.2 Å². The number of hydrazone groups is 1. The summed E-state index contributed by atoms with van der Waals surface area (Å²) < 4.78 is 6.31. The summed E-state index contributed by atoms with van der Waals surface area (Å²) in [6.07, 6.45) is 5.58. The third-order valence-corrected chi connectivity index (χ3v) is 8.44. The first-order valence-electron chi connectivity index (χ1n) is 12.2. The molecule has 4 aromatic rings. The van der Waals surface area contributed by atoms with Crippen LogP contribution >= 0.6 is 23.1 Å². The average Bonchev–Trinajstić information content (AvgIpc) is 3.31. The number of ether oxygens (including phenoxy) is 1. The van der Waals surface area contributed by atoms with Gasteiger partial charge < -0.3 is 4.74 Å². The summed E-state index contributed by atoms with van der Waals surface area (Å²) >= 11 is 2.80. The summed E-state index contributed by atoms with van der Waals surface area (Å²) in [4.78, 5) is 44.8. The molecule has 0 radical (unpaired) electrons. The highest BCUT2D eigenvalue weighted by Gasteiger charge is 2.23. The molecule has 38 heavy (non-hydrogen) atoms. The number of hydrogen-bond donors (Lipinski definition) is 1. The number of aromatic nitrogens is 2. The van der Waals surface area contributed by atoms with Gasteiger partial charge in [-0.3, -0.25) is 14.2 Å². The lowest BCUT2D eigenvalue weighted by atomic mass is 9.97. The topological polar surface area (TPSA) is 103 Å². The normalized spacial score (nSPS) is 13.0. The van der Waals surface area contributed by atoms with Crippen molar-refractivity contribution in [2.24, 2.45) is 5.10 Å². The SMILES string of the molecule is COC(=O)c1ccc(/C=N\NC(=O)CSc2nc3sc4c(c3c(=O)n2-c2ccc(C)cc2)CCCC4)cc1. The van der Waals surface area contributed by atoms with Crippen LogP contribution in [0.15, 0.2) is 63.6 Å². The van der Waals surface area contributed by atoms with Crippen LogP contribution in [0.2, 0.25) is 0 Å². The molecule has 0 aliphatic heterocycles. The standard InChI is InChI=1S/C28H26N4O4S2/c1-17-7-13-20(14-8-17)32-26(34)24-21-5-3-4-6-22(21)38-25(24)30-28(32)37-16-23(33)31-29-15-18-9-11-19(12-10-18)27(35)36-2/h7-15H,3-6,16H2,1-2H3,(H,31,33)/b29-15-. The van der Waals surface area contributed by atoms with Gasteiger partial charge in [0.25, 0.3) is 11.5 Å². The molecule has 0 bridgehead atoms. The zero-order valence-corrected chi connectivity index (χ0v) is 22.7. The zero-order chi connectivity index (χ0) is 26.6. The molecule has 10 heteroatoms. The highest BCUT2D eigenvalue weighted by Crippen LogP contribution is 2.35. The lowest BCUT2D eigenvalue weighted by Gasteiger charge is -2.13. The number of aryl methyl sites for hydroxylation is 3. The number of rotatable bonds is 7. The van der Waals surface area contributed by atoms with Gasteiger partial charge in [-0.2, -0.15) is 5.10 Å². The van der Waals surface area contributed by atoms with Gasteiger partial charge in [-0.05, 0) is 68.0 Å². The van der Waals surface area contributed by atoms with Crippen LogP contribution in [0.5, 0.6) is 0 Å². The van der Waals surface area contributed by atoms with E-state index in [0.29, 0.717) is 21.7 Å². The largest absolute Gasteiger partial charge is 0.465 e. The van der Waals surface area contributed by atoms with Crippen molar-refractivity contribution in [2.75, 3.05) is 12.9 Å². The number of fused-ring (bicyclic) bond motifs is 3. The molecule has 2 aromatic heterocycles. The van der Waals surface area contributed by atoms with Gasteiger partial charge >= 0.3 is 5.97 Å². The van der Waals surface area contributed by atoms with E-state index in [9.17, 15) is 14.4 Å². The first-order valence-corrected chi connectivity index (χ1v) is 14.0. The van der Waals surface area contributed by atoms with E-state index in [1.165, 1.54) is 30.0 Å². The Hall–Kier alpha value is -3.76. The van der Waals surface area contributed by atoms with E-state index in [4.69, 9.17) is 4.98 Å².